The Kier molecular flexibility index (Phi) is 4.54. The maximum atomic E-state index is 10.6. The number of aliphatic hydroxyl groups excluding tert-OH is 1. The van der Waals surface area contributed by atoms with Crippen molar-refractivity contribution in [2.24, 2.45) is 0 Å². The molecule has 0 saturated heterocycles. The van der Waals surface area contributed by atoms with Crippen LogP contribution < -0.4 is 10.1 Å². The van der Waals surface area contributed by atoms with Crippen LogP contribution in [-0.2, 0) is 0 Å². The molecule has 2 rings (SSSR count). The van der Waals surface area contributed by atoms with E-state index < -0.39 is 11.0 Å². The fourth-order valence-electron chi connectivity index (χ4n) is 1.66. The molecular formula is C13H14N2O4S. The highest BCUT2D eigenvalue weighted by Crippen LogP contribution is 2.28. The fraction of sp³-hybridized carbons (Fsp3) is 0.231. The molecule has 106 valence electrons. The minimum absolute atomic E-state index is 0.0754. The smallest absolute Gasteiger partial charge is 0.326 e. The van der Waals surface area contributed by atoms with Gasteiger partial charge in [-0.05, 0) is 35.1 Å². The van der Waals surface area contributed by atoms with Crippen molar-refractivity contribution < 1.29 is 14.8 Å². The summed E-state index contributed by atoms with van der Waals surface area (Å²) in [5, 5.41) is 24.3. The SMILES string of the molecule is COc1ccc(C(O)CNc2ccc([N+](=O)[O-])s2)cc1. The van der Waals surface area contributed by atoms with Gasteiger partial charge in [0.2, 0.25) is 0 Å². The molecule has 0 fully saturated rings. The predicted molar refractivity (Wildman–Crippen MR) is 77.4 cm³/mol. The van der Waals surface area contributed by atoms with Crippen molar-refractivity contribution in [1.29, 1.82) is 0 Å². The molecule has 1 unspecified atom stereocenters. The van der Waals surface area contributed by atoms with Crippen LogP contribution in [0.3, 0.4) is 0 Å². The number of nitro groups is 1. The van der Waals surface area contributed by atoms with Crippen LogP contribution in [0.5, 0.6) is 5.75 Å². The van der Waals surface area contributed by atoms with Gasteiger partial charge in [0.15, 0.2) is 0 Å². The van der Waals surface area contributed by atoms with E-state index in [2.05, 4.69) is 5.32 Å². The molecule has 20 heavy (non-hydrogen) atoms. The van der Waals surface area contributed by atoms with Crippen molar-refractivity contribution in [3.63, 3.8) is 0 Å². The third-order valence-electron chi connectivity index (χ3n) is 2.74. The molecular weight excluding hydrogens is 280 g/mol. The Morgan fingerprint density at radius 1 is 1.35 bits per heavy atom. The highest BCUT2D eigenvalue weighted by atomic mass is 32.1. The van der Waals surface area contributed by atoms with Gasteiger partial charge in [-0.2, -0.15) is 0 Å². The van der Waals surface area contributed by atoms with Crippen LogP contribution in [0.2, 0.25) is 0 Å². The first-order valence-corrected chi connectivity index (χ1v) is 6.72. The van der Waals surface area contributed by atoms with Gasteiger partial charge in [-0.3, -0.25) is 10.1 Å². The third-order valence-corrected chi connectivity index (χ3v) is 3.74. The molecule has 0 bridgehead atoms. The summed E-state index contributed by atoms with van der Waals surface area (Å²) >= 11 is 1.04. The second kappa shape index (κ2) is 6.36. The summed E-state index contributed by atoms with van der Waals surface area (Å²) in [6.45, 7) is 0.282. The van der Waals surface area contributed by atoms with Crippen LogP contribution in [0.15, 0.2) is 36.4 Å². The maximum Gasteiger partial charge on any atom is 0.326 e. The Balaban J connectivity index is 1.93. The number of thiophene rings is 1. The van der Waals surface area contributed by atoms with Crippen LogP contribution >= 0.6 is 11.3 Å². The van der Waals surface area contributed by atoms with E-state index in [1.165, 1.54) is 6.07 Å². The van der Waals surface area contributed by atoms with Gasteiger partial charge < -0.3 is 15.2 Å². The van der Waals surface area contributed by atoms with Crippen molar-refractivity contribution >= 4 is 21.3 Å². The minimum Gasteiger partial charge on any atom is -0.497 e. The lowest BCUT2D eigenvalue weighted by atomic mass is 10.1. The normalized spacial score (nSPS) is 11.9. The molecule has 0 amide bonds. The Morgan fingerprint density at radius 2 is 2.05 bits per heavy atom. The number of aliphatic hydroxyl groups is 1. The monoisotopic (exact) mass is 294 g/mol. The third kappa shape index (κ3) is 3.46. The van der Waals surface area contributed by atoms with Gasteiger partial charge in [-0.25, -0.2) is 0 Å². The van der Waals surface area contributed by atoms with E-state index in [4.69, 9.17) is 4.74 Å². The van der Waals surface area contributed by atoms with E-state index in [0.717, 1.165) is 22.6 Å². The Labute approximate surface area is 119 Å². The maximum absolute atomic E-state index is 10.6. The number of nitrogens with one attached hydrogen (secondary N) is 1. The number of hydrogen-bond acceptors (Lipinski definition) is 6. The number of benzene rings is 1. The highest BCUT2D eigenvalue weighted by Gasteiger charge is 2.11. The summed E-state index contributed by atoms with van der Waals surface area (Å²) < 4.78 is 5.04. The van der Waals surface area contributed by atoms with Gasteiger partial charge >= 0.3 is 5.00 Å². The predicted octanol–water partition coefficient (Wildman–Crippen LogP) is 2.81. The average molecular weight is 294 g/mol. The van der Waals surface area contributed by atoms with Crippen LogP contribution in [0.4, 0.5) is 10.0 Å². The van der Waals surface area contributed by atoms with Gasteiger partial charge in [-0.1, -0.05) is 12.1 Å². The van der Waals surface area contributed by atoms with Crippen LogP contribution in [0, 0.1) is 10.1 Å². The van der Waals surface area contributed by atoms with Gasteiger partial charge in [0.1, 0.15) is 5.75 Å². The van der Waals surface area contributed by atoms with E-state index in [-0.39, 0.29) is 11.5 Å². The molecule has 2 N–H and O–H groups in total. The molecule has 1 aromatic carbocycles. The van der Waals surface area contributed by atoms with Gasteiger partial charge in [0, 0.05) is 12.6 Å². The first-order chi connectivity index (χ1) is 9.60. The molecule has 0 radical (unpaired) electrons. The quantitative estimate of drug-likeness (QED) is 0.632. The minimum atomic E-state index is -0.693. The first-order valence-electron chi connectivity index (χ1n) is 5.90. The molecule has 6 nitrogen and oxygen atoms in total. The lowest BCUT2D eigenvalue weighted by molar-refractivity contribution is -0.380. The number of ether oxygens (including phenoxy) is 1. The molecule has 0 spiro atoms. The van der Waals surface area contributed by atoms with Crippen molar-refractivity contribution in [1.82, 2.24) is 0 Å². The standard InChI is InChI=1S/C13H14N2O4S/c1-19-10-4-2-9(3-5-10)11(16)8-14-12-6-7-13(20-12)15(17)18/h2-7,11,14,16H,8H2,1H3. The largest absolute Gasteiger partial charge is 0.497 e. The van der Waals surface area contributed by atoms with Gasteiger partial charge in [0.05, 0.1) is 23.1 Å². The molecule has 1 aromatic heterocycles. The van der Waals surface area contributed by atoms with Crippen LogP contribution in [0.25, 0.3) is 0 Å². The number of anilines is 1. The van der Waals surface area contributed by atoms with Crippen molar-refractivity contribution in [3.8, 4) is 5.75 Å². The Morgan fingerprint density at radius 3 is 2.60 bits per heavy atom. The topological polar surface area (TPSA) is 84.6 Å². The molecule has 7 heteroatoms. The lowest BCUT2D eigenvalue weighted by Crippen LogP contribution is -2.11. The van der Waals surface area contributed by atoms with E-state index in [9.17, 15) is 15.2 Å². The molecule has 0 aliphatic heterocycles. The summed E-state index contributed by atoms with van der Waals surface area (Å²) in [7, 11) is 1.58. The molecule has 0 aliphatic carbocycles. The lowest BCUT2D eigenvalue weighted by Gasteiger charge is -2.12. The highest BCUT2D eigenvalue weighted by molar-refractivity contribution is 7.19. The number of methoxy groups -OCH3 is 1. The van der Waals surface area contributed by atoms with E-state index in [1.54, 1.807) is 37.4 Å². The summed E-state index contributed by atoms with van der Waals surface area (Å²) in [6, 6.07) is 10.2. The van der Waals surface area contributed by atoms with Crippen LogP contribution in [-0.4, -0.2) is 23.7 Å². The first kappa shape index (κ1) is 14.3. The second-order valence-electron chi connectivity index (χ2n) is 4.06. The number of rotatable bonds is 6. The van der Waals surface area contributed by atoms with Gasteiger partial charge in [-0.15, -0.1) is 0 Å². The van der Waals surface area contributed by atoms with Crippen LogP contribution in [0.1, 0.15) is 11.7 Å². The number of nitrogens with zero attached hydrogens (tertiary/aromatic N) is 1. The van der Waals surface area contributed by atoms with Crippen molar-refractivity contribution in [2.75, 3.05) is 19.0 Å². The Hall–Kier alpha value is -2.12. The van der Waals surface area contributed by atoms with E-state index in [0.29, 0.717) is 5.00 Å². The Bertz CT molecular complexity index is 582. The summed E-state index contributed by atoms with van der Waals surface area (Å²) in [5.41, 5.74) is 0.754. The summed E-state index contributed by atoms with van der Waals surface area (Å²) in [4.78, 5) is 10.1. The molecule has 2 aromatic rings. The van der Waals surface area contributed by atoms with Gasteiger partial charge in [0.25, 0.3) is 0 Å². The molecule has 1 atom stereocenters. The number of hydrogen-bond donors (Lipinski definition) is 2. The zero-order valence-electron chi connectivity index (χ0n) is 10.8. The van der Waals surface area contributed by atoms with Crippen molar-refractivity contribution in [3.05, 3.63) is 52.1 Å². The van der Waals surface area contributed by atoms with E-state index in [1.807, 2.05) is 0 Å². The van der Waals surface area contributed by atoms with Crippen molar-refractivity contribution in [2.45, 2.75) is 6.10 Å². The average Bonchev–Trinajstić information content (AvgIpc) is 2.94. The molecule has 0 aliphatic rings. The zero-order valence-corrected chi connectivity index (χ0v) is 11.6. The fourth-order valence-corrected chi connectivity index (χ4v) is 2.39. The summed E-state index contributed by atoms with van der Waals surface area (Å²) in [6.07, 6.45) is -0.693. The summed E-state index contributed by atoms with van der Waals surface area (Å²) in [5.74, 6) is 0.725. The molecule has 1 heterocycles. The zero-order chi connectivity index (χ0) is 14.5. The molecule has 0 saturated carbocycles. The second-order valence-corrected chi connectivity index (χ2v) is 5.13. The van der Waals surface area contributed by atoms with E-state index >= 15 is 0 Å².